The van der Waals surface area contributed by atoms with Gasteiger partial charge in [-0.05, 0) is 80.1 Å². The zero-order valence-electron chi connectivity index (χ0n) is 15.8. The summed E-state index contributed by atoms with van der Waals surface area (Å²) >= 11 is 0. The Morgan fingerprint density at radius 1 is 1.16 bits per heavy atom. The van der Waals surface area contributed by atoms with E-state index in [1.54, 1.807) is 19.3 Å². The first-order valence-electron chi connectivity index (χ1n) is 8.53. The molecule has 0 fully saturated rings. The third-order valence-corrected chi connectivity index (χ3v) is 4.60. The highest BCUT2D eigenvalue weighted by Crippen LogP contribution is 2.24. The van der Waals surface area contributed by atoms with Gasteiger partial charge in [0.15, 0.2) is 0 Å². The number of nitrogens with one attached hydrogen (secondary N) is 1. The second-order valence-corrected chi connectivity index (χ2v) is 6.51. The van der Waals surface area contributed by atoms with E-state index in [9.17, 15) is 4.79 Å². The largest absolute Gasteiger partial charge is 0.496 e. The molecular formula is C22H27NO2. The average Bonchev–Trinajstić information content (AvgIpc) is 2.58. The second-order valence-electron chi connectivity index (χ2n) is 6.51. The topological polar surface area (TPSA) is 38.3 Å². The van der Waals surface area contributed by atoms with Gasteiger partial charge in [0.25, 0.3) is 5.91 Å². The van der Waals surface area contributed by atoms with E-state index >= 15 is 0 Å². The van der Waals surface area contributed by atoms with Crippen molar-refractivity contribution in [3.05, 3.63) is 76.4 Å². The van der Waals surface area contributed by atoms with Crippen molar-refractivity contribution in [3.8, 4) is 5.75 Å². The van der Waals surface area contributed by atoms with Gasteiger partial charge in [-0.25, -0.2) is 0 Å². The van der Waals surface area contributed by atoms with E-state index in [-0.39, 0.29) is 11.9 Å². The first-order chi connectivity index (χ1) is 11.9. The highest BCUT2D eigenvalue weighted by Gasteiger charge is 2.15. The van der Waals surface area contributed by atoms with Crippen LogP contribution in [0.3, 0.4) is 0 Å². The third kappa shape index (κ3) is 4.30. The van der Waals surface area contributed by atoms with Gasteiger partial charge in [-0.15, -0.1) is 6.58 Å². The fraction of sp³-hybridized carbons (Fsp3) is 0.318. The van der Waals surface area contributed by atoms with Gasteiger partial charge in [-0.1, -0.05) is 18.2 Å². The molecule has 25 heavy (non-hydrogen) atoms. The average molecular weight is 337 g/mol. The number of ether oxygens (including phenoxy) is 1. The predicted molar refractivity (Wildman–Crippen MR) is 103 cm³/mol. The number of aryl methyl sites for hydroxylation is 3. The molecule has 2 aromatic carbocycles. The lowest BCUT2D eigenvalue weighted by atomic mass is 9.96. The van der Waals surface area contributed by atoms with Crippen molar-refractivity contribution in [2.45, 2.75) is 40.2 Å². The Bertz CT molecular complexity index is 793. The van der Waals surface area contributed by atoms with Crippen LogP contribution in [0, 0.1) is 20.8 Å². The standard InChI is InChI=1S/C22H27NO2/c1-7-8-18-13-19(9-10-21(18)25-6)22(24)23-17(5)20-12-15(3)14(2)11-16(20)4/h7,9-13,17H,1,8H2,2-6H3,(H,23,24). The minimum absolute atomic E-state index is 0.0586. The highest BCUT2D eigenvalue weighted by atomic mass is 16.5. The Morgan fingerprint density at radius 3 is 2.48 bits per heavy atom. The number of allylic oxidation sites excluding steroid dienone is 1. The Balaban J connectivity index is 2.23. The summed E-state index contributed by atoms with van der Waals surface area (Å²) in [5, 5.41) is 3.10. The summed E-state index contributed by atoms with van der Waals surface area (Å²) in [5.74, 6) is 0.688. The SMILES string of the molecule is C=CCc1cc(C(=O)NC(C)c2cc(C)c(C)cc2C)ccc1OC. The minimum atomic E-state index is -0.0851. The molecule has 0 spiro atoms. The molecule has 2 rings (SSSR count). The van der Waals surface area contributed by atoms with E-state index in [2.05, 4.69) is 44.8 Å². The molecule has 1 unspecified atom stereocenters. The van der Waals surface area contributed by atoms with Crippen LogP contribution in [0.15, 0.2) is 43.0 Å². The maximum atomic E-state index is 12.7. The van der Waals surface area contributed by atoms with Gasteiger partial charge < -0.3 is 10.1 Å². The number of amides is 1. The summed E-state index contributed by atoms with van der Waals surface area (Å²) in [6.45, 7) is 12.1. The van der Waals surface area contributed by atoms with E-state index in [1.807, 2.05) is 19.1 Å². The lowest BCUT2D eigenvalue weighted by molar-refractivity contribution is 0.0939. The maximum Gasteiger partial charge on any atom is 0.251 e. The fourth-order valence-corrected chi connectivity index (χ4v) is 3.04. The van der Waals surface area contributed by atoms with Crippen LogP contribution in [0.4, 0.5) is 0 Å². The number of carbonyl (C=O) groups excluding carboxylic acids is 1. The molecule has 0 aliphatic heterocycles. The summed E-state index contributed by atoms with van der Waals surface area (Å²) in [4.78, 5) is 12.7. The number of benzene rings is 2. The Kier molecular flexibility index (Phi) is 6.02. The van der Waals surface area contributed by atoms with Crippen LogP contribution in [0.5, 0.6) is 5.75 Å². The second kappa shape index (κ2) is 8.02. The fourth-order valence-electron chi connectivity index (χ4n) is 3.04. The van der Waals surface area contributed by atoms with Gasteiger partial charge >= 0.3 is 0 Å². The molecular weight excluding hydrogens is 310 g/mol. The number of carbonyl (C=O) groups is 1. The summed E-state index contributed by atoms with van der Waals surface area (Å²) in [7, 11) is 1.63. The molecule has 0 heterocycles. The third-order valence-electron chi connectivity index (χ3n) is 4.60. The van der Waals surface area contributed by atoms with E-state index in [4.69, 9.17) is 4.74 Å². The van der Waals surface area contributed by atoms with Crippen molar-refractivity contribution in [2.24, 2.45) is 0 Å². The van der Waals surface area contributed by atoms with Crippen molar-refractivity contribution in [2.75, 3.05) is 7.11 Å². The molecule has 0 radical (unpaired) electrons. The van der Waals surface area contributed by atoms with Gasteiger partial charge in [0.1, 0.15) is 5.75 Å². The number of rotatable bonds is 6. The molecule has 1 N–H and O–H groups in total. The summed E-state index contributed by atoms with van der Waals surface area (Å²) < 4.78 is 5.34. The molecule has 1 amide bonds. The van der Waals surface area contributed by atoms with Gasteiger partial charge in [0, 0.05) is 5.56 Å². The van der Waals surface area contributed by atoms with Gasteiger partial charge in [-0.2, -0.15) is 0 Å². The zero-order chi connectivity index (χ0) is 18.6. The molecule has 0 aliphatic rings. The first-order valence-corrected chi connectivity index (χ1v) is 8.53. The molecule has 0 saturated carbocycles. The van der Waals surface area contributed by atoms with Crippen LogP contribution in [0.1, 0.15) is 51.1 Å². The van der Waals surface area contributed by atoms with E-state index in [1.165, 1.54) is 16.7 Å². The Labute approximate surface area is 150 Å². The molecule has 0 aliphatic carbocycles. The maximum absolute atomic E-state index is 12.7. The highest BCUT2D eigenvalue weighted by molar-refractivity contribution is 5.94. The smallest absolute Gasteiger partial charge is 0.251 e. The van der Waals surface area contributed by atoms with E-state index in [0.717, 1.165) is 16.9 Å². The molecule has 3 nitrogen and oxygen atoms in total. The van der Waals surface area contributed by atoms with Crippen LogP contribution in [-0.4, -0.2) is 13.0 Å². The normalized spacial score (nSPS) is 11.7. The van der Waals surface area contributed by atoms with Gasteiger partial charge in [0.05, 0.1) is 13.2 Å². The molecule has 0 saturated heterocycles. The quantitative estimate of drug-likeness (QED) is 0.766. The van der Waals surface area contributed by atoms with E-state index < -0.39 is 0 Å². The predicted octanol–water partition coefficient (Wildman–Crippen LogP) is 4.84. The Morgan fingerprint density at radius 2 is 1.84 bits per heavy atom. The summed E-state index contributed by atoms with van der Waals surface area (Å²) in [5.41, 5.74) is 6.43. The molecule has 1 atom stereocenters. The summed E-state index contributed by atoms with van der Waals surface area (Å²) in [6.07, 6.45) is 2.47. The van der Waals surface area contributed by atoms with Crippen LogP contribution >= 0.6 is 0 Å². The lowest BCUT2D eigenvalue weighted by Crippen LogP contribution is -2.27. The van der Waals surface area contributed by atoms with Crippen LogP contribution in [-0.2, 0) is 6.42 Å². The van der Waals surface area contributed by atoms with Crippen molar-refractivity contribution in [1.29, 1.82) is 0 Å². The van der Waals surface area contributed by atoms with Crippen LogP contribution in [0.25, 0.3) is 0 Å². The molecule has 0 aromatic heterocycles. The van der Waals surface area contributed by atoms with Crippen LogP contribution in [0.2, 0.25) is 0 Å². The van der Waals surface area contributed by atoms with Crippen molar-refractivity contribution >= 4 is 5.91 Å². The van der Waals surface area contributed by atoms with Crippen molar-refractivity contribution in [3.63, 3.8) is 0 Å². The van der Waals surface area contributed by atoms with Gasteiger partial charge in [0.2, 0.25) is 0 Å². The number of hydrogen-bond acceptors (Lipinski definition) is 2. The van der Waals surface area contributed by atoms with Gasteiger partial charge in [-0.3, -0.25) is 4.79 Å². The number of hydrogen-bond donors (Lipinski definition) is 1. The molecule has 2 aromatic rings. The Hall–Kier alpha value is -2.55. The van der Waals surface area contributed by atoms with Crippen molar-refractivity contribution < 1.29 is 9.53 Å². The van der Waals surface area contributed by atoms with E-state index in [0.29, 0.717) is 12.0 Å². The molecule has 3 heteroatoms. The monoisotopic (exact) mass is 337 g/mol. The number of methoxy groups -OCH3 is 1. The zero-order valence-corrected chi connectivity index (χ0v) is 15.8. The molecule has 132 valence electrons. The van der Waals surface area contributed by atoms with Crippen LogP contribution < -0.4 is 10.1 Å². The molecule has 0 bridgehead atoms. The van der Waals surface area contributed by atoms with Crippen molar-refractivity contribution in [1.82, 2.24) is 5.32 Å². The summed E-state index contributed by atoms with van der Waals surface area (Å²) in [6, 6.07) is 9.77. The first kappa shape index (κ1) is 18.8. The lowest BCUT2D eigenvalue weighted by Gasteiger charge is -2.19. The minimum Gasteiger partial charge on any atom is -0.496 e.